The number of aryl methyl sites for hydroxylation is 1. The van der Waals surface area contributed by atoms with Crippen LogP contribution in [0.25, 0.3) is 11.4 Å². The Labute approximate surface area is 184 Å². The van der Waals surface area contributed by atoms with Crippen LogP contribution in [0.3, 0.4) is 0 Å². The highest BCUT2D eigenvalue weighted by atomic mass is 35.5. The van der Waals surface area contributed by atoms with Crippen molar-refractivity contribution in [3.05, 3.63) is 59.2 Å². The van der Waals surface area contributed by atoms with Gasteiger partial charge in [-0.3, -0.25) is 4.79 Å². The number of nitrogens with zero attached hydrogens (tertiary/aromatic N) is 3. The number of methoxy groups -OCH3 is 1. The van der Waals surface area contributed by atoms with Crippen molar-refractivity contribution in [2.45, 2.75) is 25.3 Å². The van der Waals surface area contributed by atoms with Crippen LogP contribution in [0.15, 0.2) is 47.0 Å². The SMILES string of the molecule is COc1ccc(Cl)cc1N1CCC(NC(=O)CCc2nc(-c3ccc(F)cc3)no2)C1. The second-order valence-corrected chi connectivity index (χ2v) is 7.77. The summed E-state index contributed by atoms with van der Waals surface area (Å²) in [5.74, 6) is 1.09. The lowest BCUT2D eigenvalue weighted by atomic mass is 10.2. The molecule has 31 heavy (non-hydrogen) atoms. The Hall–Kier alpha value is -3.13. The number of ether oxygens (including phenoxy) is 1. The smallest absolute Gasteiger partial charge is 0.227 e. The molecule has 1 N–H and O–H groups in total. The van der Waals surface area contributed by atoms with Crippen molar-refractivity contribution in [1.82, 2.24) is 15.5 Å². The molecule has 2 heterocycles. The third-order valence-electron chi connectivity index (χ3n) is 5.17. The molecule has 0 saturated carbocycles. The number of carbonyl (C=O) groups is 1. The van der Waals surface area contributed by atoms with E-state index >= 15 is 0 Å². The second kappa shape index (κ2) is 9.34. The van der Waals surface area contributed by atoms with E-state index in [1.54, 1.807) is 25.3 Å². The molecule has 2 aromatic carbocycles. The summed E-state index contributed by atoms with van der Waals surface area (Å²) in [6.07, 6.45) is 1.40. The number of amides is 1. The zero-order chi connectivity index (χ0) is 21.8. The average Bonchev–Trinajstić information content (AvgIpc) is 3.42. The number of hydrogen-bond donors (Lipinski definition) is 1. The van der Waals surface area contributed by atoms with Crippen LogP contribution in [0.5, 0.6) is 5.75 Å². The van der Waals surface area contributed by atoms with Crippen LogP contribution in [0, 0.1) is 5.82 Å². The normalized spacial score (nSPS) is 15.8. The van der Waals surface area contributed by atoms with Gasteiger partial charge in [0.1, 0.15) is 11.6 Å². The van der Waals surface area contributed by atoms with Gasteiger partial charge in [0.15, 0.2) is 0 Å². The van der Waals surface area contributed by atoms with Crippen LogP contribution < -0.4 is 15.0 Å². The summed E-state index contributed by atoms with van der Waals surface area (Å²) in [7, 11) is 1.63. The first-order valence-electron chi connectivity index (χ1n) is 9.98. The van der Waals surface area contributed by atoms with E-state index in [9.17, 15) is 9.18 Å². The van der Waals surface area contributed by atoms with Gasteiger partial charge >= 0.3 is 0 Å². The fourth-order valence-corrected chi connectivity index (χ4v) is 3.77. The van der Waals surface area contributed by atoms with Crippen LogP contribution in [0.2, 0.25) is 5.02 Å². The number of hydrogen-bond acceptors (Lipinski definition) is 6. The topological polar surface area (TPSA) is 80.5 Å². The third kappa shape index (κ3) is 5.14. The molecular weight excluding hydrogens is 423 g/mol. The largest absolute Gasteiger partial charge is 0.495 e. The highest BCUT2D eigenvalue weighted by Crippen LogP contribution is 2.33. The second-order valence-electron chi connectivity index (χ2n) is 7.33. The van der Waals surface area contributed by atoms with Gasteiger partial charge in [-0.05, 0) is 48.9 Å². The molecule has 7 nitrogen and oxygen atoms in total. The minimum atomic E-state index is -0.330. The van der Waals surface area contributed by atoms with Crippen LogP contribution in [0.4, 0.5) is 10.1 Å². The van der Waals surface area contributed by atoms with E-state index in [-0.39, 0.29) is 24.2 Å². The van der Waals surface area contributed by atoms with Gasteiger partial charge in [-0.2, -0.15) is 4.98 Å². The molecule has 1 aliphatic heterocycles. The van der Waals surface area contributed by atoms with E-state index in [0.29, 0.717) is 35.3 Å². The lowest BCUT2D eigenvalue weighted by Crippen LogP contribution is -2.37. The summed E-state index contributed by atoms with van der Waals surface area (Å²) in [6, 6.07) is 11.4. The summed E-state index contributed by atoms with van der Waals surface area (Å²) in [6.45, 7) is 1.48. The monoisotopic (exact) mass is 444 g/mol. The zero-order valence-corrected chi connectivity index (χ0v) is 17.7. The molecule has 1 saturated heterocycles. The van der Waals surface area contributed by atoms with Gasteiger partial charge in [-0.15, -0.1) is 0 Å². The lowest BCUT2D eigenvalue weighted by Gasteiger charge is -2.21. The van der Waals surface area contributed by atoms with E-state index < -0.39 is 0 Å². The lowest BCUT2D eigenvalue weighted by molar-refractivity contribution is -0.121. The fourth-order valence-electron chi connectivity index (χ4n) is 3.60. The summed E-state index contributed by atoms with van der Waals surface area (Å²) in [5, 5.41) is 7.60. The van der Waals surface area contributed by atoms with E-state index in [1.165, 1.54) is 12.1 Å². The van der Waals surface area contributed by atoms with Gasteiger partial charge in [-0.1, -0.05) is 16.8 Å². The van der Waals surface area contributed by atoms with Gasteiger partial charge in [-0.25, -0.2) is 4.39 Å². The predicted molar refractivity (Wildman–Crippen MR) is 115 cm³/mol. The summed E-state index contributed by atoms with van der Waals surface area (Å²) < 4.78 is 23.7. The Morgan fingerprint density at radius 3 is 2.90 bits per heavy atom. The first kappa shape index (κ1) is 21.1. The maximum atomic E-state index is 13.0. The highest BCUT2D eigenvalue weighted by Gasteiger charge is 2.26. The molecule has 4 rings (SSSR count). The molecule has 0 aliphatic carbocycles. The molecule has 162 valence electrons. The van der Waals surface area contributed by atoms with Gasteiger partial charge in [0, 0.05) is 42.6 Å². The van der Waals surface area contributed by atoms with Crippen molar-refractivity contribution < 1.29 is 18.4 Å². The van der Waals surface area contributed by atoms with Crippen molar-refractivity contribution in [2.75, 3.05) is 25.1 Å². The Balaban J connectivity index is 1.28. The number of halogens is 2. The molecule has 0 spiro atoms. The number of nitrogens with one attached hydrogen (secondary N) is 1. The highest BCUT2D eigenvalue weighted by molar-refractivity contribution is 6.30. The Morgan fingerprint density at radius 1 is 1.32 bits per heavy atom. The molecule has 0 radical (unpaired) electrons. The van der Waals surface area contributed by atoms with Gasteiger partial charge in [0.2, 0.25) is 17.6 Å². The van der Waals surface area contributed by atoms with E-state index in [2.05, 4.69) is 20.4 Å². The fraction of sp³-hybridized carbons (Fsp3) is 0.318. The molecular formula is C22H22ClFN4O3. The molecule has 1 fully saturated rings. The van der Waals surface area contributed by atoms with E-state index in [0.717, 1.165) is 24.4 Å². The molecule has 1 aliphatic rings. The van der Waals surface area contributed by atoms with E-state index in [1.807, 2.05) is 12.1 Å². The van der Waals surface area contributed by atoms with Crippen molar-refractivity contribution in [3.8, 4) is 17.1 Å². The van der Waals surface area contributed by atoms with Crippen molar-refractivity contribution >= 4 is 23.2 Å². The zero-order valence-electron chi connectivity index (χ0n) is 17.0. The summed E-state index contributed by atoms with van der Waals surface area (Å²) in [5.41, 5.74) is 1.58. The number of rotatable bonds is 7. The molecule has 1 unspecified atom stereocenters. The number of benzene rings is 2. The number of anilines is 1. The van der Waals surface area contributed by atoms with Crippen LogP contribution in [-0.4, -0.2) is 42.3 Å². The van der Waals surface area contributed by atoms with Gasteiger partial charge in [0.05, 0.1) is 12.8 Å². The Morgan fingerprint density at radius 2 is 2.13 bits per heavy atom. The molecule has 1 atom stereocenters. The standard InChI is InChI=1S/C22H22ClFN4O3/c1-30-19-7-4-15(23)12-18(19)28-11-10-17(13-28)25-20(29)8-9-21-26-22(27-31-21)14-2-5-16(24)6-3-14/h2-7,12,17H,8-11,13H2,1H3,(H,25,29). The molecule has 3 aromatic rings. The first-order chi connectivity index (χ1) is 15.0. The maximum Gasteiger partial charge on any atom is 0.227 e. The summed E-state index contributed by atoms with van der Waals surface area (Å²) in [4.78, 5) is 18.8. The van der Waals surface area contributed by atoms with Gasteiger partial charge in [0.25, 0.3) is 0 Å². The number of aromatic nitrogens is 2. The first-order valence-corrected chi connectivity index (χ1v) is 10.4. The molecule has 1 aromatic heterocycles. The predicted octanol–water partition coefficient (Wildman–Crippen LogP) is 3.87. The van der Waals surface area contributed by atoms with Crippen LogP contribution in [0.1, 0.15) is 18.7 Å². The molecule has 9 heteroatoms. The minimum Gasteiger partial charge on any atom is -0.495 e. The summed E-state index contributed by atoms with van der Waals surface area (Å²) >= 11 is 6.13. The minimum absolute atomic E-state index is 0.0358. The van der Waals surface area contributed by atoms with Crippen molar-refractivity contribution in [3.63, 3.8) is 0 Å². The van der Waals surface area contributed by atoms with Gasteiger partial charge < -0.3 is 19.5 Å². The van der Waals surface area contributed by atoms with Crippen LogP contribution >= 0.6 is 11.6 Å². The molecule has 0 bridgehead atoms. The third-order valence-corrected chi connectivity index (χ3v) is 5.41. The number of carbonyl (C=O) groups excluding carboxylic acids is 1. The maximum absolute atomic E-state index is 13.0. The Kier molecular flexibility index (Phi) is 6.36. The van der Waals surface area contributed by atoms with E-state index in [4.69, 9.17) is 20.9 Å². The van der Waals surface area contributed by atoms with Crippen molar-refractivity contribution in [2.24, 2.45) is 0 Å². The molecule has 1 amide bonds. The quantitative estimate of drug-likeness (QED) is 0.596. The van der Waals surface area contributed by atoms with Crippen molar-refractivity contribution in [1.29, 1.82) is 0 Å². The van der Waals surface area contributed by atoms with Crippen LogP contribution in [-0.2, 0) is 11.2 Å². The Bertz CT molecular complexity index is 1060. The average molecular weight is 445 g/mol.